The van der Waals surface area contributed by atoms with Crippen molar-refractivity contribution in [1.82, 2.24) is 5.32 Å². The molecular weight excluding hydrogens is 252 g/mol. The number of rotatable bonds is 4. The van der Waals surface area contributed by atoms with Gasteiger partial charge in [0, 0.05) is 6.04 Å². The molecule has 1 atom stereocenters. The third-order valence-electron chi connectivity index (χ3n) is 3.35. The van der Waals surface area contributed by atoms with Gasteiger partial charge in [-0.2, -0.15) is 0 Å². The smallest absolute Gasteiger partial charge is 0.239 e. The summed E-state index contributed by atoms with van der Waals surface area (Å²) in [6.07, 6.45) is 4.49. The minimum Gasteiger partial charge on any atom is -0.506 e. The fourth-order valence-electron chi connectivity index (χ4n) is 2.37. The van der Waals surface area contributed by atoms with Crippen LogP contribution in [-0.2, 0) is 4.79 Å². The standard InChI is InChI=1S/C13H17ClN2O2/c14-10-7-8(5-6-11(10)17)12(13(15)18)16-9-3-1-2-4-9/h5-7,9,12,16-17H,1-4H2,(H2,15,18). The highest BCUT2D eigenvalue weighted by atomic mass is 35.5. The average molecular weight is 269 g/mol. The van der Waals surface area contributed by atoms with Crippen molar-refractivity contribution in [2.75, 3.05) is 0 Å². The summed E-state index contributed by atoms with van der Waals surface area (Å²) in [6.45, 7) is 0. The molecule has 1 unspecified atom stereocenters. The van der Waals surface area contributed by atoms with Crippen LogP contribution in [0.2, 0.25) is 5.02 Å². The van der Waals surface area contributed by atoms with E-state index in [1.165, 1.54) is 18.9 Å². The maximum Gasteiger partial charge on any atom is 0.239 e. The highest BCUT2D eigenvalue weighted by Gasteiger charge is 2.24. The Bertz CT molecular complexity index is 445. The second-order valence-electron chi connectivity index (χ2n) is 4.69. The number of hydrogen-bond acceptors (Lipinski definition) is 3. The van der Waals surface area contributed by atoms with Crippen LogP contribution >= 0.6 is 11.6 Å². The molecule has 5 heteroatoms. The van der Waals surface area contributed by atoms with Gasteiger partial charge in [-0.1, -0.05) is 30.5 Å². The lowest BCUT2D eigenvalue weighted by Crippen LogP contribution is -2.38. The number of phenolic OH excluding ortho intramolecular Hbond substituents is 1. The van der Waals surface area contributed by atoms with Crippen molar-refractivity contribution in [3.63, 3.8) is 0 Å². The molecule has 1 aliphatic carbocycles. The lowest BCUT2D eigenvalue weighted by Gasteiger charge is -2.21. The first kappa shape index (κ1) is 13.2. The van der Waals surface area contributed by atoms with Crippen LogP contribution in [0.5, 0.6) is 5.75 Å². The Kier molecular flexibility index (Phi) is 4.09. The summed E-state index contributed by atoms with van der Waals surface area (Å²) in [7, 11) is 0. The number of hydrogen-bond donors (Lipinski definition) is 3. The van der Waals surface area contributed by atoms with Crippen LogP contribution in [0.1, 0.15) is 37.3 Å². The highest BCUT2D eigenvalue weighted by molar-refractivity contribution is 6.32. The number of phenols is 1. The summed E-state index contributed by atoms with van der Waals surface area (Å²) in [4.78, 5) is 11.5. The minimum atomic E-state index is -0.550. The van der Waals surface area contributed by atoms with Crippen LogP contribution in [0.15, 0.2) is 18.2 Å². The largest absolute Gasteiger partial charge is 0.506 e. The van der Waals surface area contributed by atoms with E-state index in [0.29, 0.717) is 11.6 Å². The summed E-state index contributed by atoms with van der Waals surface area (Å²) in [5, 5.41) is 12.9. The van der Waals surface area contributed by atoms with Crippen LogP contribution in [0.25, 0.3) is 0 Å². The van der Waals surface area contributed by atoms with Gasteiger partial charge in [-0.25, -0.2) is 0 Å². The van der Waals surface area contributed by atoms with Crippen LogP contribution in [0, 0.1) is 0 Å². The fraction of sp³-hybridized carbons (Fsp3) is 0.462. The molecule has 0 bridgehead atoms. The van der Waals surface area contributed by atoms with Crippen molar-refractivity contribution in [3.05, 3.63) is 28.8 Å². The molecule has 0 spiro atoms. The normalized spacial score (nSPS) is 17.8. The third-order valence-corrected chi connectivity index (χ3v) is 3.65. The van der Waals surface area contributed by atoms with E-state index in [-0.39, 0.29) is 10.8 Å². The summed E-state index contributed by atoms with van der Waals surface area (Å²) in [5.74, 6) is -0.423. The number of carbonyl (C=O) groups is 1. The Morgan fingerprint density at radius 3 is 2.67 bits per heavy atom. The van der Waals surface area contributed by atoms with Crippen LogP contribution < -0.4 is 11.1 Å². The molecule has 4 nitrogen and oxygen atoms in total. The van der Waals surface area contributed by atoms with Crippen LogP contribution in [-0.4, -0.2) is 17.1 Å². The van der Waals surface area contributed by atoms with E-state index in [0.717, 1.165) is 12.8 Å². The zero-order valence-corrected chi connectivity index (χ0v) is 10.8. The van der Waals surface area contributed by atoms with Crippen molar-refractivity contribution in [1.29, 1.82) is 0 Å². The first-order chi connectivity index (χ1) is 8.58. The maximum atomic E-state index is 11.5. The number of nitrogens with two attached hydrogens (primary N) is 1. The molecular formula is C13H17ClN2O2. The fourth-order valence-corrected chi connectivity index (χ4v) is 2.56. The maximum absolute atomic E-state index is 11.5. The summed E-state index contributed by atoms with van der Waals surface area (Å²) in [6, 6.07) is 4.50. The van der Waals surface area contributed by atoms with Crippen molar-refractivity contribution >= 4 is 17.5 Å². The van der Waals surface area contributed by atoms with Gasteiger partial charge in [-0.05, 0) is 30.5 Å². The molecule has 1 aliphatic rings. The summed E-state index contributed by atoms with van der Waals surface area (Å²) < 4.78 is 0. The number of aromatic hydroxyl groups is 1. The molecule has 98 valence electrons. The second-order valence-corrected chi connectivity index (χ2v) is 5.10. The Morgan fingerprint density at radius 1 is 1.44 bits per heavy atom. The second kappa shape index (κ2) is 5.59. The van der Waals surface area contributed by atoms with E-state index < -0.39 is 11.9 Å². The van der Waals surface area contributed by atoms with E-state index in [4.69, 9.17) is 17.3 Å². The molecule has 1 amide bonds. The predicted octanol–water partition coefficient (Wildman–Crippen LogP) is 2.10. The number of amides is 1. The molecule has 1 aromatic rings. The van der Waals surface area contributed by atoms with E-state index in [1.807, 2.05) is 0 Å². The van der Waals surface area contributed by atoms with Gasteiger partial charge in [0.25, 0.3) is 0 Å². The first-order valence-corrected chi connectivity index (χ1v) is 6.49. The van der Waals surface area contributed by atoms with Gasteiger partial charge in [-0.3, -0.25) is 10.1 Å². The molecule has 18 heavy (non-hydrogen) atoms. The highest BCUT2D eigenvalue weighted by Crippen LogP contribution is 2.28. The topological polar surface area (TPSA) is 75.4 Å². The van der Waals surface area contributed by atoms with Gasteiger partial charge >= 0.3 is 0 Å². The van der Waals surface area contributed by atoms with Crippen molar-refractivity contribution < 1.29 is 9.90 Å². The van der Waals surface area contributed by atoms with E-state index in [1.54, 1.807) is 12.1 Å². The number of primary amides is 1. The molecule has 0 aromatic heterocycles. The molecule has 0 heterocycles. The lowest BCUT2D eigenvalue weighted by atomic mass is 10.0. The van der Waals surface area contributed by atoms with Gasteiger partial charge in [0.05, 0.1) is 5.02 Å². The third kappa shape index (κ3) is 2.94. The Balaban J connectivity index is 2.17. The zero-order chi connectivity index (χ0) is 13.1. The van der Waals surface area contributed by atoms with E-state index in [2.05, 4.69) is 5.32 Å². The monoisotopic (exact) mass is 268 g/mol. The first-order valence-electron chi connectivity index (χ1n) is 6.11. The number of benzene rings is 1. The molecule has 1 saturated carbocycles. The van der Waals surface area contributed by atoms with E-state index in [9.17, 15) is 9.90 Å². The summed E-state index contributed by atoms with van der Waals surface area (Å²) >= 11 is 5.85. The minimum absolute atomic E-state index is 0.00417. The van der Waals surface area contributed by atoms with Crippen LogP contribution in [0.3, 0.4) is 0 Å². The quantitative estimate of drug-likeness (QED) is 0.783. The average Bonchev–Trinajstić information content (AvgIpc) is 2.82. The van der Waals surface area contributed by atoms with Crippen molar-refractivity contribution in [2.24, 2.45) is 5.73 Å². The molecule has 4 N–H and O–H groups in total. The lowest BCUT2D eigenvalue weighted by molar-refractivity contribution is -0.120. The SMILES string of the molecule is NC(=O)C(NC1CCCC1)c1ccc(O)c(Cl)c1. The number of nitrogens with one attached hydrogen (secondary N) is 1. The predicted molar refractivity (Wildman–Crippen MR) is 70.4 cm³/mol. The molecule has 0 aliphatic heterocycles. The Hall–Kier alpha value is -1.26. The van der Waals surface area contributed by atoms with Crippen LogP contribution in [0.4, 0.5) is 0 Å². The van der Waals surface area contributed by atoms with Gasteiger partial charge in [0.2, 0.25) is 5.91 Å². The van der Waals surface area contributed by atoms with E-state index >= 15 is 0 Å². The molecule has 1 fully saturated rings. The zero-order valence-electron chi connectivity index (χ0n) is 10.0. The Labute approximate surface area is 111 Å². The number of halogens is 1. The molecule has 0 saturated heterocycles. The van der Waals surface area contributed by atoms with Crippen molar-refractivity contribution in [2.45, 2.75) is 37.8 Å². The van der Waals surface area contributed by atoms with Gasteiger partial charge < -0.3 is 10.8 Å². The Morgan fingerprint density at radius 2 is 2.11 bits per heavy atom. The summed E-state index contributed by atoms with van der Waals surface area (Å²) in [5.41, 5.74) is 6.12. The molecule has 0 radical (unpaired) electrons. The number of carbonyl (C=O) groups excluding carboxylic acids is 1. The molecule has 1 aromatic carbocycles. The van der Waals surface area contributed by atoms with Crippen molar-refractivity contribution in [3.8, 4) is 5.75 Å². The van der Waals surface area contributed by atoms with Gasteiger partial charge in [-0.15, -0.1) is 0 Å². The molecule has 2 rings (SSSR count). The van der Waals surface area contributed by atoms with Gasteiger partial charge in [0.15, 0.2) is 0 Å². The van der Waals surface area contributed by atoms with Gasteiger partial charge in [0.1, 0.15) is 11.8 Å².